The van der Waals surface area contributed by atoms with Gasteiger partial charge in [0.1, 0.15) is 0 Å². The Balaban J connectivity index is 2.04. The number of rotatable bonds is 3. The average Bonchev–Trinajstić information content (AvgIpc) is 2.66. The maximum atomic E-state index is 13.2. The SMILES string of the molecule is O=C(O)c1ccccc1C(=O)c1cc2ccccc2c2ccccc12. The van der Waals surface area contributed by atoms with Crippen molar-refractivity contribution in [1.29, 1.82) is 0 Å². The second-order valence-electron chi connectivity index (χ2n) is 5.87. The lowest BCUT2D eigenvalue weighted by molar-refractivity contribution is 0.0693. The lowest BCUT2D eigenvalue weighted by Gasteiger charge is -2.11. The van der Waals surface area contributed by atoms with Crippen molar-refractivity contribution in [1.82, 2.24) is 0 Å². The van der Waals surface area contributed by atoms with Gasteiger partial charge in [0.2, 0.25) is 0 Å². The van der Waals surface area contributed by atoms with Crippen LogP contribution in [0.2, 0.25) is 0 Å². The molecule has 4 aromatic rings. The van der Waals surface area contributed by atoms with Gasteiger partial charge in [-0.1, -0.05) is 66.7 Å². The smallest absolute Gasteiger partial charge is 0.336 e. The number of benzene rings is 4. The van der Waals surface area contributed by atoms with Crippen LogP contribution in [0.1, 0.15) is 26.3 Å². The van der Waals surface area contributed by atoms with Crippen LogP contribution in [-0.2, 0) is 0 Å². The molecule has 0 aliphatic rings. The fourth-order valence-electron chi connectivity index (χ4n) is 3.25. The van der Waals surface area contributed by atoms with Crippen molar-refractivity contribution in [3.05, 3.63) is 95.6 Å². The van der Waals surface area contributed by atoms with Crippen molar-refractivity contribution < 1.29 is 14.7 Å². The first-order valence-corrected chi connectivity index (χ1v) is 7.94. The minimum Gasteiger partial charge on any atom is -0.478 e. The van der Waals surface area contributed by atoms with Crippen LogP contribution < -0.4 is 0 Å². The molecule has 0 radical (unpaired) electrons. The lowest BCUT2D eigenvalue weighted by atomic mass is 9.91. The molecule has 1 N–H and O–H groups in total. The van der Waals surface area contributed by atoms with Crippen LogP contribution in [0.15, 0.2) is 78.9 Å². The summed E-state index contributed by atoms with van der Waals surface area (Å²) in [6.07, 6.45) is 0. The van der Waals surface area contributed by atoms with Gasteiger partial charge in [0.05, 0.1) is 5.56 Å². The molecule has 0 spiro atoms. The summed E-state index contributed by atoms with van der Waals surface area (Å²) in [6, 6.07) is 23.8. The van der Waals surface area contributed by atoms with E-state index in [0.717, 1.165) is 21.5 Å². The molecule has 120 valence electrons. The second-order valence-corrected chi connectivity index (χ2v) is 5.87. The van der Waals surface area contributed by atoms with Gasteiger partial charge in [0, 0.05) is 11.1 Å². The second kappa shape index (κ2) is 5.87. The normalized spacial score (nSPS) is 10.9. The van der Waals surface area contributed by atoms with E-state index in [1.165, 1.54) is 6.07 Å². The van der Waals surface area contributed by atoms with Gasteiger partial charge in [0.15, 0.2) is 5.78 Å². The van der Waals surface area contributed by atoms with Crippen LogP contribution in [0.25, 0.3) is 21.5 Å². The number of carboxylic acids is 1. The molecule has 0 bridgehead atoms. The van der Waals surface area contributed by atoms with E-state index >= 15 is 0 Å². The van der Waals surface area contributed by atoms with Gasteiger partial charge in [0.25, 0.3) is 0 Å². The Bertz CT molecular complexity index is 1140. The Morgan fingerprint density at radius 3 is 1.88 bits per heavy atom. The summed E-state index contributed by atoms with van der Waals surface area (Å²) in [5.74, 6) is -1.38. The number of carbonyl (C=O) groups excluding carboxylic acids is 1. The van der Waals surface area contributed by atoms with Crippen LogP contribution in [0.3, 0.4) is 0 Å². The predicted octanol–water partition coefficient (Wildman–Crippen LogP) is 4.92. The molecule has 0 aromatic heterocycles. The van der Waals surface area contributed by atoms with Crippen molar-refractivity contribution >= 4 is 33.3 Å². The molecular formula is C22H14O3. The monoisotopic (exact) mass is 326 g/mol. The van der Waals surface area contributed by atoms with E-state index in [9.17, 15) is 14.7 Å². The lowest BCUT2D eigenvalue weighted by Crippen LogP contribution is -2.10. The van der Waals surface area contributed by atoms with E-state index in [0.29, 0.717) is 5.56 Å². The molecule has 3 nitrogen and oxygen atoms in total. The van der Waals surface area contributed by atoms with Crippen molar-refractivity contribution in [3.63, 3.8) is 0 Å². The molecule has 0 heterocycles. The van der Waals surface area contributed by atoms with Gasteiger partial charge in [-0.2, -0.15) is 0 Å². The van der Waals surface area contributed by atoms with Crippen molar-refractivity contribution in [3.8, 4) is 0 Å². The molecule has 0 amide bonds. The Morgan fingerprint density at radius 1 is 0.600 bits per heavy atom. The zero-order valence-electron chi connectivity index (χ0n) is 13.3. The molecular weight excluding hydrogens is 312 g/mol. The molecule has 0 fully saturated rings. The molecule has 3 heteroatoms. The van der Waals surface area contributed by atoms with E-state index in [-0.39, 0.29) is 16.9 Å². The minimum absolute atomic E-state index is 0.0183. The topological polar surface area (TPSA) is 54.4 Å². The summed E-state index contributed by atoms with van der Waals surface area (Å²) in [4.78, 5) is 24.6. The zero-order valence-corrected chi connectivity index (χ0v) is 13.3. The van der Waals surface area contributed by atoms with Crippen molar-refractivity contribution in [2.75, 3.05) is 0 Å². The van der Waals surface area contributed by atoms with Gasteiger partial charge < -0.3 is 5.11 Å². The number of carboxylic acid groups (broad SMARTS) is 1. The molecule has 0 atom stereocenters. The largest absolute Gasteiger partial charge is 0.478 e. The first-order chi connectivity index (χ1) is 12.2. The van der Waals surface area contributed by atoms with Crippen LogP contribution in [-0.4, -0.2) is 16.9 Å². The fraction of sp³-hybridized carbons (Fsp3) is 0. The standard InChI is InChI=1S/C22H14O3/c23-21(18-11-5-6-12-19(18)22(24)25)20-13-14-7-1-2-8-15(14)16-9-3-4-10-17(16)20/h1-13H,(H,24,25). The third-order valence-electron chi connectivity index (χ3n) is 4.41. The Labute approximate surface area is 144 Å². The molecule has 0 saturated carbocycles. The van der Waals surface area contributed by atoms with Crippen LogP contribution in [0, 0.1) is 0 Å². The summed E-state index contributed by atoms with van der Waals surface area (Å²) >= 11 is 0. The average molecular weight is 326 g/mol. The van der Waals surface area contributed by atoms with Gasteiger partial charge in [-0.15, -0.1) is 0 Å². The van der Waals surface area contributed by atoms with Crippen LogP contribution in [0.5, 0.6) is 0 Å². The van der Waals surface area contributed by atoms with Crippen LogP contribution >= 0.6 is 0 Å². The molecule has 0 aliphatic carbocycles. The molecule has 0 saturated heterocycles. The van der Waals surface area contributed by atoms with E-state index in [4.69, 9.17) is 0 Å². The zero-order chi connectivity index (χ0) is 17.4. The summed E-state index contributed by atoms with van der Waals surface area (Å²) < 4.78 is 0. The highest BCUT2D eigenvalue weighted by Gasteiger charge is 2.20. The fourth-order valence-corrected chi connectivity index (χ4v) is 3.25. The summed E-state index contributed by atoms with van der Waals surface area (Å²) in [5.41, 5.74) is 0.739. The molecule has 25 heavy (non-hydrogen) atoms. The quantitative estimate of drug-likeness (QED) is 0.429. The molecule has 4 rings (SSSR count). The van der Waals surface area contributed by atoms with Gasteiger partial charge in [-0.05, 0) is 33.7 Å². The maximum absolute atomic E-state index is 13.2. The highest BCUT2D eigenvalue weighted by atomic mass is 16.4. The van der Waals surface area contributed by atoms with E-state index in [1.807, 2.05) is 54.6 Å². The Morgan fingerprint density at radius 2 is 1.16 bits per heavy atom. The van der Waals surface area contributed by atoms with Crippen molar-refractivity contribution in [2.45, 2.75) is 0 Å². The maximum Gasteiger partial charge on any atom is 0.336 e. The van der Waals surface area contributed by atoms with Crippen LogP contribution in [0.4, 0.5) is 0 Å². The Kier molecular flexibility index (Phi) is 3.55. The number of carbonyl (C=O) groups is 2. The number of hydrogen-bond donors (Lipinski definition) is 1. The first-order valence-electron chi connectivity index (χ1n) is 7.94. The number of ketones is 1. The van der Waals surface area contributed by atoms with E-state index < -0.39 is 5.97 Å². The summed E-state index contributed by atoms with van der Waals surface area (Å²) in [5, 5.41) is 13.2. The number of aromatic carboxylic acids is 1. The number of hydrogen-bond acceptors (Lipinski definition) is 2. The van der Waals surface area contributed by atoms with Gasteiger partial charge >= 0.3 is 5.97 Å². The van der Waals surface area contributed by atoms with E-state index in [2.05, 4.69) is 0 Å². The summed E-state index contributed by atoms with van der Waals surface area (Å²) in [6.45, 7) is 0. The van der Waals surface area contributed by atoms with Gasteiger partial charge in [-0.25, -0.2) is 4.79 Å². The highest BCUT2D eigenvalue weighted by molar-refractivity contribution is 6.23. The Hall–Kier alpha value is -3.46. The summed E-state index contributed by atoms with van der Waals surface area (Å²) in [7, 11) is 0. The first kappa shape index (κ1) is 15.1. The molecule has 4 aromatic carbocycles. The highest BCUT2D eigenvalue weighted by Crippen LogP contribution is 2.30. The van der Waals surface area contributed by atoms with E-state index in [1.54, 1.807) is 18.2 Å². The third-order valence-corrected chi connectivity index (χ3v) is 4.41. The minimum atomic E-state index is -1.10. The third kappa shape index (κ3) is 2.46. The number of fused-ring (bicyclic) bond motifs is 3. The van der Waals surface area contributed by atoms with Crippen molar-refractivity contribution in [2.24, 2.45) is 0 Å². The predicted molar refractivity (Wildman–Crippen MR) is 98.3 cm³/mol. The molecule has 0 unspecified atom stereocenters. The molecule has 0 aliphatic heterocycles. The van der Waals surface area contributed by atoms with Gasteiger partial charge in [-0.3, -0.25) is 4.79 Å².